The van der Waals surface area contributed by atoms with Crippen molar-refractivity contribution < 1.29 is 22.8 Å². The Morgan fingerprint density at radius 1 is 0.792 bits per heavy atom. The Morgan fingerprint density at radius 3 is 2.12 bits per heavy atom. The van der Waals surface area contributed by atoms with E-state index in [1.165, 1.54) is 12.1 Å². The van der Waals surface area contributed by atoms with Crippen molar-refractivity contribution in [2.45, 2.75) is 37.5 Å². The van der Waals surface area contributed by atoms with Crippen molar-refractivity contribution in [3.05, 3.63) is 155 Å². The summed E-state index contributed by atoms with van der Waals surface area (Å²) in [6, 6.07) is 34.5. The van der Waals surface area contributed by atoms with Gasteiger partial charge in [0.05, 0.1) is 17.8 Å². The van der Waals surface area contributed by atoms with Crippen LogP contribution in [0.2, 0.25) is 0 Å². The summed E-state index contributed by atoms with van der Waals surface area (Å²) in [5.74, 6) is -0.0930. The van der Waals surface area contributed by atoms with Crippen molar-refractivity contribution in [1.82, 2.24) is 15.2 Å². The molecule has 2 N–H and O–H groups in total. The quantitative estimate of drug-likeness (QED) is 0.169. The number of nitrogens with one attached hydrogen (secondary N) is 2. The van der Waals surface area contributed by atoms with Crippen molar-refractivity contribution in [3.8, 4) is 11.1 Å². The molecule has 0 aliphatic carbocycles. The normalized spacial score (nSPS) is 14.6. The van der Waals surface area contributed by atoms with Crippen LogP contribution in [0.4, 0.5) is 18.9 Å². The second kappa shape index (κ2) is 14.6. The third-order valence-electron chi connectivity index (χ3n) is 8.76. The highest BCUT2D eigenvalue weighted by molar-refractivity contribution is 6.08. The first-order chi connectivity index (χ1) is 23.3. The summed E-state index contributed by atoms with van der Waals surface area (Å²) in [7, 11) is 0. The van der Waals surface area contributed by atoms with E-state index in [2.05, 4.69) is 20.5 Å². The van der Waals surface area contributed by atoms with Gasteiger partial charge in [0.15, 0.2) is 0 Å². The van der Waals surface area contributed by atoms with Gasteiger partial charge in [-0.25, -0.2) is 0 Å². The number of rotatable bonds is 9. The molecule has 9 heteroatoms. The number of pyridine rings is 1. The van der Waals surface area contributed by atoms with Crippen LogP contribution in [-0.2, 0) is 17.5 Å². The van der Waals surface area contributed by atoms with Gasteiger partial charge in [-0.1, -0.05) is 78.9 Å². The maximum Gasteiger partial charge on any atom is 0.416 e. The Balaban J connectivity index is 1.08. The number of piperidine rings is 1. The lowest BCUT2D eigenvalue weighted by molar-refractivity contribution is -0.137. The van der Waals surface area contributed by atoms with Crippen LogP contribution in [0.1, 0.15) is 57.5 Å². The van der Waals surface area contributed by atoms with Crippen LogP contribution in [-0.4, -0.2) is 34.8 Å². The Hall–Kier alpha value is -5.28. The smallest absolute Gasteiger partial charge is 0.349 e. The van der Waals surface area contributed by atoms with E-state index in [4.69, 9.17) is 0 Å². The summed E-state index contributed by atoms with van der Waals surface area (Å²) in [5.41, 5.74) is 4.24. The summed E-state index contributed by atoms with van der Waals surface area (Å²) in [5, 5.41) is 6.01. The SMILES string of the molecule is O=C(Nc1ccc(C2CCN(C(C(=O)NCc3ccccn3)c3ccccc3)CC2)cc1)c1ccccc1-c1ccc(C(F)(F)F)cc1. The molecule has 6 nitrogen and oxygen atoms in total. The van der Waals surface area contributed by atoms with E-state index in [-0.39, 0.29) is 11.8 Å². The third kappa shape index (κ3) is 7.81. The lowest BCUT2D eigenvalue weighted by Gasteiger charge is -2.37. The molecule has 1 fully saturated rings. The summed E-state index contributed by atoms with van der Waals surface area (Å²) in [6.07, 6.45) is -0.958. The molecular weight excluding hydrogens is 613 g/mol. The fraction of sp³-hybridized carbons (Fsp3) is 0.205. The molecule has 1 saturated heterocycles. The molecule has 6 rings (SSSR count). The number of alkyl halides is 3. The molecular formula is C39H35F3N4O2. The number of benzene rings is 4. The largest absolute Gasteiger partial charge is 0.416 e. The Bertz CT molecular complexity index is 1820. The van der Waals surface area contributed by atoms with E-state index in [1.807, 2.05) is 72.8 Å². The fourth-order valence-corrected chi connectivity index (χ4v) is 6.24. The van der Waals surface area contributed by atoms with E-state index in [0.717, 1.165) is 54.9 Å². The van der Waals surface area contributed by atoms with Crippen molar-refractivity contribution in [1.29, 1.82) is 0 Å². The molecule has 2 amide bonds. The third-order valence-corrected chi connectivity index (χ3v) is 8.76. The number of carbonyl (C=O) groups excluding carboxylic acids is 2. The molecule has 4 aromatic carbocycles. The predicted octanol–water partition coefficient (Wildman–Crippen LogP) is 8.26. The number of likely N-dealkylation sites (tertiary alicyclic amines) is 1. The minimum Gasteiger partial charge on any atom is -0.349 e. The van der Waals surface area contributed by atoms with Crippen molar-refractivity contribution in [3.63, 3.8) is 0 Å². The maximum atomic E-state index is 13.5. The predicted molar refractivity (Wildman–Crippen MR) is 180 cm³/mol. The maximum absolute atomic E-state index is 13.5. The number of anilines is 1. The van der Waals surface area contributed by atoms with Crippen molar-refractivity contribution in [2.24, 2.45) is 0 Å². The molecule has 1 atom stereocenters. The molecule has 1 aliphatic heterocycles. The Kier molecular flexibility index (Phi) is 9.96. The molecule has 244 valence electrons. The van der Waals surface area contributed by atoms with Gasteiger partial charge in [0.25, 0.3) is 5.91 Å². The highest BCUT2D eigenvalue weighted by Crippen LogP contribution is 2.34. The first-order valence-electron chi connectivity index (χ1n) is 15.9. The van der Waals surface area contributed by atoms with Gasteiger partial charge in [-0.3, -0.25) is 19.5 Å². The molecule has 0 radical (unpaired) electrons. The molecule has 0 spiro atoms. The van der Waals surface area contributed by atoms with Gasteiger partial charge in [-0.15, -0.1) is 0 Å². The zero-order valence-electron chi connectivity index (χ0n) is 26.2. The number of aromatic nitrogens is 1. The van der Waals surface area contributed by atoms with Gasteiger partial charge in [-0.05, 0) is 96.6 Å². The first kappa shape index (κ1) is 32.7. The summed E-state index contributed by atoms with van der Waals surface area (Å²) in [4.78, 5) is 33.3. The number of carbonyl (C=O) groups is 2. The summed E-state index contributed by atoms with van der Waals surface area (Å²) >= 11 is 0. The van der Waals surface area contributed by atoms with Crippen LogP contribution in [0.3, 0.4) is 0 Å². The van der Waals surface area contributed by atoms with Crippen LogP contribution in [0.5, 0.6) is 0 Å². The van der Waals surface area contributed by atoms with E-state index < -0.39 is 17.8 Å². The van der Waals surface area contributed by atoms with Gasteiger partial charge in [0.2, 0.25) is 5.91 Å². The van der Waals surface area contributed by atoms with Crippen molar-refractivity contribution in [2.75, 3.05) is 18.4 Å². The average molecular weight is 649 g/mol. The number of nitrogens with zero attached hydrogens (tertiary/aromatic N) is 2. The van der Waals surface area contributed by atoms with Gasteiger partial charge < -0.3 is 10.6 Å². The van der Waals surface area contributed by atoms with Crippen LogP contribution in [0, 0.1) is 0 Å². The standard InChI is InChI=1S/C39H35F3N4O2/c40-39(41,42)31-17-13-29(14-18-31)34-11-4-5-12-35(34)37(47)45-32-19-15-27(16-20-32)28-21-24-46(25-22-28)36(30-8-2-1-3-9-30)38(48)44-26-33-10-6-7-23-43-33/h1-20,23,28,36H,21-22,24-26H2,(H,44,48)(H,45,47). The van der Waals surface area contributed by atoms with Gasteiger partial charge in [0.1, 0.15) is 6.04 Å². The molecule has 0 bridgehead atoms. The van der Waals surface area contributed by atoms with E-state index in [0.29, 0.717) is 34.8 Å². The zero-order valence-corrected chi connectivity index (χ0v) is 26.2. The zero-order chi connectivity index (χ0) is 33.5. The molecule has 48 heavy (non-hydrogen) atoms. The molecule has 2 heterocycles. The number of hydrogen-bond donors (Lipinski definition) is 2. The van der Waals surface area contributed by atoms with Crippen LogP contribution in [0.15, 0.2) is 128 Å². The number of halogens is 3. The lowest BCUT2D eigenvalue weighted by atomic mass is 9.88. The number of hydrogen-bond acceptors (Lipinski definition) is 4. The highest BCUT2D eigenvalue weighted by atomic mass is 19.4. The second-order valence-electron chi connectivity index (χ2n) is 11.9. The van der Waals surface area contributed by atoms with Crippen molar-refractivity contribution >= 4 is 17.5 Å². The first-order valence-corrected chi connectivity index (χ1v) is 15.9. The highest BCUT2D eigenvalue weighted by Gasteiger charge is 2.32. The number of amides is 2. The lowest BCUT2D eigenvalue weighted by Crippen LogP contribution is -2.44. The average Bonchev–Trinajstić information content (AvgIpc) is 3.12. The minimum atomic E-state index is -4.43. The monoisotopic (exact) mass is 648 g/mol. The molecule has 1 aromatic heterocycles. The van der Waals surface area contributed by atoms with Gasteiger partial charge in [-0.2, -0.15) is 13.2 Å². The van der Waals surface area contributed by atoms with Gasteiger partial charge >= 0.3 is 6.18 Å². The molecule has 5 aromatic rings. The Labute approximate surface area is 277 Å². The molecule has 1 unspecified atom stereocenters. The van der Waals surface area contributed by atoms with E-state index >= 15 is 0 Å². The second-order valence-corrected chi connectivity index (χ2v) is 11.9. The minimum absolute atomic E-state index is 0.0507. The topological polar surface area (TPSA) is 74.3 Å². The van der Waals surface area contributed by atoms with Crippen LogP contribution >= 0.6 is 0 Å². The molecule has 1 aliphatic rings. The van der Waals surface area contributed by atoms with Crippen LogP contribution in [0.25, 0.3) is 11.1 Å². The summed E-state index contributed by atoms with van der Waals surface area (Å²) < 4.78 is 39.2. The fourth-order valence-electron chi connectivity index (χ4n) is 6.24. The molecule has 0 saturated carbocycles. The Morgan fingerprint density at radius 2 is 1.46 bits per heavy atom. The summed E-state index contributed by atoms with van der Waals surface area (Å²) in [6.45, 7) is 1.86. The van der Waals surface area contributed by atoms with E-state index in [1.54, 1.807) is 30.5 Å². The van der Waals surface area contributed by atoms with E-state index in [9.17, 15) is 22.8 Å². The van der Waals surface area contributed by atoms with Crippen LogP contribution < -0.4 is 10.6 Å². The van der Waals surface area contributed by atoms with Gasteiger partial charge in [0, 0.05) is 17.4 Å².